The molecule has 3 nitrogen and oxygen atoms in total. The van der Waals surface area contributed by atoms with Gasteiger partial charge in [0.15, 0.2) is 0 Å². The van der Waals surface area contributed by atoms with Crippen molar-refractivity contribution in [3.63, 3.8) is 0 Å². The summed E-state index contributed by atoms with van der Waals surface area (Å²) in [5.41, 5.74) is 0.864. The molecule has 0 bridgehead atoms. The fraction of sp³-hybridized carbons (Fsp3) is 0.750. The van der Waals surface area contributed by atoms with E-state index in [2.05, 4.69) is 6.92 Å². The highest BCUT2D eigenvalue weighted by atomic mass is 16.6. The van der Waals surface area contributed by atoms with Crippen LogP contribution in [0.15, 0.2) is 11.8 Å². The average Bonchev–Trinajstić information content (AvgIpc) is 1.86. The van der Waals surface area contributed by atoms with Crippen LogP contribution in [0, 0.1) is 10.1 Å². The SMILES string of the molecule is CCCCC/C(C)=C/[N+](=O)[O-]. The van der Waals surface area contributed by atoms with Crippen LogP contribution in [0.25, 0.3) is 0 Å². The minimum absolute atomic E-state index is 0.388. The molecule has 0 N–H and O–H groups in total. The lowest BCUT2D eigenvalue weighted by atomic mass is 10.1. The van der Waals surface area contributed by atoms with Gasteiger partial charge in [-0.2, -0.15) is 0 Å². The van der Waals surface area contributed by atoms with Gasteiger partial charge in [0.25, 0.3) is 0 Å². The third kappa shape index (κ3) is 7.03. The fourth-order valence-corrected chi connectivity index (χ4v) is 0.898. The Labute approximate surface area is 67.3 Å². The fourth-order valence-electron chi connectivity index (χ4n) is 0.898. The Kier molecular flexibility index (Phi) is 5.43. The van der Waals surface area contributed by atoms with Crippen molar-refractivity contribution in [2.75, 3.05) is 0 Å². The Hall–Kier alpha value is -0.860. The number of rotatable bonds is 5. The average molecular weight is 157 g/mol. The molecule has 0 radical (unpaired) electrons. The Morgan fingerprint density at radius 2 is 2.18 bits per heavy atom. The van der Waals surface area contributed by atoms with Gasteiger partial charge < -0.3 is 0 Å². The molecule has 0 aromatic carbocycles. The van der Waals surface area contributed by atoms with E-state index in [-0.39, 0.29) is 4.92 Å². The molecule has 0 fully saturated rings. The van der Waals surface area contributed by atoms with Gasteiger partial charge in [-0.25, -0.2) is 0 Å². The number of nitrogens with zero attached hydrogens (tertiary/aromatic N) is 1. The first-order valence-electron chi connectivity index (χ1n) is 3.97. The lowest BCUT2D eigenvalue weighted by molar-refractivity contribution is -0.403. The van der Waals surface area contributed by atoms with Crippen molar-refractivity contribution in [1.82, 2.24) is 0 Å². The van der Waals surface area contributed by atoms with Crippen molar-refractivity contribution in [2.24, 2.45) is 0 Å². The minimum atomic E-state index is -0.388. The van der Waals surface area contributed by atoms with E-state index in [1.54, 1.807) is 6.92 Å². The zero-order chi connectivity index (χ0) is 8.69. The van der Waals surface area contributed by atoms with Crippen LogP contribution in [0.3, 0.4) is 0 Å². The second-order valence-corrected chi connectivity index (χ2v) is 2.72. The molecule has 0 atom stereocenters. The number of hydrogen-bond acceptors (Lipinski definition) is 2. The van der Waals surface area contributed by atoms with E-state index in [1.807, 2.05) is 0 Å². The predicted octanol–water partition coefficient (Wildman–Crippen LogP) is 2.75. The molecule has 0 aromatic heterocycles. The van der Waals surface area contributed by atoms with Crippen LogP contribution in [-0.4, -0.2) is 4.92 Å². The summed E-state index contributed by atoms with van der Waals surface area (Å²) in [5.74, 6) is 0. The summed E-state index contributed by atoms with van der Waals surface area (Å²) in [4.78, 5) is 9.58. The van der Waals surface area contributed by atoms with Crippen molar-refractivity contribution in [2.45, 2.75) is 39.5 Å². The highest BCUT2D eigenvalue weighted by molar-refractivity contribution is 4.91. The molecule has 0 spiro atoms. The lowest BCUT2D eigenvalue weighted by Gasteiger charge is -1.95. The van der Waals surface area contributed by atoms with Gasteiger partial charge in [0.05, 0.1) is 4.92 Å². The Morgan fingerprint density at radius 1 is 1.55 bits per heavy atom. The van der Waals surface area contributed by atoms with Gasteiger partial charge in [-0.1, -0.05) is 19.8 Å². The van der Waals surface area contributed by atoms with E-state index in [4.69, 9.17) is 0 Å². The third-order valence-electron chi connectivity index (χ3n) is 1.50. The van der Waals surface area contributed by atoms with Gasteiger partial charge in [0.1, 0.15) is 0 Å². The summed E-state index contributed by atoms with van der Waals surface area (Å²) in [6, 6.07) is 0. The normalized spacial score (nSPS) is 11.6. The van der Waals surface area contributed by atoms with Crippen LogP contribution in [0.4, 0.5) is 0 Å². The molecule has 0 aromatic rings. The zero-order valence-corrected chi connectivity index (χ0v) is 7.17. The van der Waals surface area contributed by atoms with E-state index in [0.29, 0.717) is 0 Å². The van der Waals surface area contributed by atoms with Crippen molar-refractivity contribution in [3.8, 4) is 0 Å². The number of hydrogen-bond donors (Lipinski definition) is 0. The molecule has 0 saturated heterocycles. The monoisotopic (exact) mass is 157 g/mol. The molecule has 0 rings (SSSR count). The largest absolute Gasteiger partial charge is 0.259 e. The Bertz CT molecular complexity index is 152. The first-order chi connectivity index (χ1) is 5.16. The lowest BCUT2D eigenvalue weighted by Crippen LogP contribution is -1.87. The second-order valence-electron chi connectivity index (χ2n) is 2.72. The predicted molar refractivity (Wildman–Crippen MR) is 44.9 cm³/mol. The summed E-state index contributed by atoms with van der Waals surface area (Å²) < 4.78 is 0. The van der Waals surface area contributed by atoms with Crippen LogP contribution in [0.5, 0.6) is 0 Å². The minimum Gasteiger partial charge on any atom is -0.259 e. The molecule has 0 saturated carbocycles. The Balaban J connectivity index is 3.51. The maximum atomic E-state index is 9.97. The van der Waals surface area contributed by atoms with Gasteiger partial charge in [-0.15, -0.1) is 0 Å². The van der Waals surface area contributed by atoms with Crippen molar-refractivity contribution in [1.29, 1.82) is 0 Å². The zero-order valence-electron chi connectivity index (χ0n) is 7.17. The summed E-state index contributed by atoms with van der Waals surface area (Å²) >= 11 is 0. The number of allylic oxidation sites excluding steroid dienone is 1. The molecule has 0 aliphatic rings. The van der Waals surface area contributed by atoms with E-state index in [9.17, 15) is 10.1 Å². The third-order valence-corrected chi connectivity index (χ3v) is 1.50. The Morgan fingerprint density at radius 3 is 2.64 bits per heavy atom. The standard InChI is InChI=1S/C8H15NO2/c1-3-4-5-6-8(2)7-9(10)11/h7H,3-6H2,1-2H3/b8-7+. The molecule has 11 heavy (non-hydrogen) atoms. The molecular weight excluding hydrogens is 142 g/mol. The first kappa shape index (κ1) is 10.1. The molecular formula is C8H15NO2. The molecule has 0 unspecified atom stereocenters. The van der Waals surface area contributed by atoms with Crippen LogP contribution in [0.1, 0.15) is 39.5 Å². The molecule has 0 aliphatic heterocycles. The van der Waals surface area contributed by atoms with E-state index >= 15 is 0 Å². The molecule has 0 amide bonds. The highest BCUT2D eigenvalue weighted by Crippen LogP contribution is 2.07. The molecule has 0 aliphatic carbocycles. The van der Waals surface area contributed by atoms with Crippen molar-refractivity contribution in [3.05, 3.63) is 21.9 Å². The van der Waals surface area contributed by atoms with Crippen LogP contribution >= 0.6 is 0 Å². The van der Waals surface area contributed by atoms with Gasteiger partial charge in [0, 0.05) is 0 Å². The van der Waals surface area contributed by atoms with Gasteiger partial charge >= 0.3 is 0 Å². The second kappa shape index (κ2) is 5.89. The number of unbranched alkanes of at least 4 members (excludes halogenated alkanes) is 2. The smallest absolute Gasteiger partial charge is 0.233 e. The van der Waals surface area contributed by atoms with Crippen LogP contribution in [0.2, 0.25) is 0 Å². The summed E-state index contributed by atoms with van der Waals surface area (Å²) in [7, 11) is 0. The van der Waals surface area contributed by atoms with Gasteiger partial charge in [0.2, 0.25) is 6.20 Å². The van der Waals surface area contributed by atoms with Crippen LogP contribution < -0.4 is 0 Å². The molecule has 64 valence electrons. The highest BCUT2D eigenvalue weighted by Gasteiger charge is 1.95. The quantitative estimate of drug-likeness (QED) is 0.350. The summed E-state index contributed by atoms with van der Waals surface area (Å²) in [5, 5.41) is 9.97. The maximum Gasteiger partial charge on any atom is 0.233 e. The van der Waals surface area contributed by atoms with E-state index in [1.165, 1.54) is 0 Å². The molecule has 3 heteroatoms. The van der Waals surface area contributed by atoms with Gasteiger partial charge in [-0.3, -0.25) is 10.1 Å². The van der Waals surface area contributed by atoms with Crippen molar-refractivity contribution < 1.29 is 4.92 Å². The van der Waals surface area contributed by atoms with Gasteiger partial charge in [-0.05, 0) is 25.3 Å². The van der Waals surface area contributed by atoms with E-state index < -0.39 is 0 Å². The maximum absolute atomic E-state index is 9.97. The summed E-state index contributed by atoms with van der Waals surface area (Å²) in [6.45, 7) is 3.92. The van der Waals surface area contributed by atoms with E-state index in [0.717, 1.165) is 37.5 Å². The summed E-state index contributed by atoms with van der Waals surface area (Å²) in [6.07, 6.45) is 5.33. The topological polar surface area (TPSA) is 43.1 Å². The number of nitro groups is 1. The molecule has 0 heterocycles. The van der Waals surface area contributed by atoms with Crippen molar-refractivity contribution >= 4 is 0 Å². The first-order valence-corrected chi connectivity index (χ1v) is 3.97. The van der Waals surface area contributed by atoms with Crippen LogP contribution in [-0.2, 0) is 0 Å².